The molecule has 0 aromatic carbocycles. The van der Waals surface area contributed by atoms with Crippen LogP contribution in [0.25, 0.3) is 0 Å². The Morgan fingerprint density at radius 2 is 1.86 bits per heavy atom. The first-order valence-corrected chi connectivity index (χ1v) is 8.38. The average molecular weight is 296 g/mol. The first kappa shape index (κ1) is 16.8. The number of ether oxygens (including phenoxy) is 3. The molecule has 21 heavy (non-hydrogen) atoms. The Morgan fingerprint density at radius 3 is 2.38 bits per heavy atom. The summed E-state index contributed by atoms with van der Waals surface area (Å²) in [5.74, 6) is -0.157. The minimum absolute atomic E-state index is 0.0627. The van der Waals surface area contributed by atoms with E-state index < -0.39 is 0 Å². The molecule has 0 aromatic rings. The van der Waals surface area contributed by atoms with Crippen molar-refractivity contribution in [1.82, 2.24) is 0 Å². The quantitative estimate of drug-likeness (QED) is 0.639. The lowest BCUT2D eigenvalue weighted by molar-refractivity contribution is -0.149. The molecule has 3 rings (SSSR count). The Kier molecular flexibility index (Phi) is 6.97. The zero-order valence-electron chi connectivity index (χ0n) is 13.1. The first-order chi connectivity index (χ1) is 10.2. The lowest BCUT2D eigenvalue weighted by Gasteiger charge is -2.20. The van der Waals surface area contributed by atoms with Crippen LogP contribution in [0.1, 0.15) is 64.7 Å². The summed E-state index contributed by atoms with van der Waals surface area (Å²) < 4.78 is 17.0. The molecule has 1 unspecified atom stereocenters. The molecule has 120 valence electrons. The Bertz CT molecular complexity index is 296. The molecule has 4 nitrogen and oxygen atoms in total. The number of esters is 1. The topological polar surface area (TPSA) is 44.8 Å². The second kappa shape index (κ2) is 8.74. The molecule has 0 N–H and O–H groups in total. The van der Waals surface area contributed by atoms with Crippen molar-refractivity contribution >= 4 is 5.97 Å². The molecule has 2 radical (unpaired) electrons. The number of hydrogen-bond acceptors (Lipinski definition) is 4. The molecular formula is C17H28O4. The second-order valence-electron chi connectivity index (χ2n) is 5.99. The van der Waals surface area contributed by atoms with E-state index in [0.717, 1.165) is 57.7 Å². The highest BCUT2D eigenvalue weighted by molar-refractivity contribution is 5.72. The molecule has 4 heteroatoms. The normalized spacial score (nSPS) is 27.3. The highest BCUT2D eigenvalue weighted by Gasteiger charge is 2.33. The van der Waals surface area contributed by atoms with Crippen molar-refractivity contribution < 1.29 is 19.0 Å². The third kappa shape index (κ3) is 5.26. The van der Waals surface area contributed by atoms with Gasteiger partial charge in [0.15, 0.2) is 0 Å². The van der Waals surface area contributed by atoms with Crippen molar-refractivity contribution in [3.8, 4) is 0 Å². The Balaban J connectivity index is 1.81. The van der Waals surface area contributed by atoms with Crippen LogP contribution >= 0.6 is 0 Å². The van der Waals surface area contributed by atoms with Crippen LogP contribution in [0.15, 0.2) is 0 Å². The maximum absolute atomic E-state index is 12.0. The molecule has 2 bridgehead atoms. The van der Waals surface area contributed by atoms with Gasteiger partial charge in [-0.15, -0.1) is 0 Å². The maximum Gasteiger partial charge on any atom is 0.308 e. The van der Waals surface area contributed by atoms with Crippen LogP contribution in [-0.2, 0) is 19.0 Å². The Labute approximate surface area is 128 Å². The number of fused-ring (bicyclic) bond motifs is 4. The van der Waals surface area contributed by atoms with Gasteiger partial charge in [0, 0.05) is 6.42 Å². The third-order valence-electron chi connectivity index (χ3n) is 4.34. The van der Waals surface area contributed by atoms with Crippen LogP contribution in [0.3, 0.4) is 0 Å². The van der Waals surface area contributed by atoms with E-state index >= 15 is 0 Å². The van der Waals surface area contributed by atoms with E-state index in [9.17, 15) is 4.79 Å². The molecule has 3 aliphatic rings. The van der Waals surface area contributed by atoms with E-state index in [4.69, 9.17) is 14.2 Å². The van der Waals surface area contributed by atoms with Gasteiger partial charge in [-0.05, 0) is 45.4 Å². The molecule has 3 fully saturated rings. The van der Waals surface area contributed by atoms with Crippen LogP contribution in [-0.4, -0.2) is 24.8 Å². The van der Waals surface area contributed by atoms with Gasteiger partial charge in [-0.25, -0.2) is 0 Å². The Morgan fingerprint density at radius 1 is 1.24 bits per heavy atom. The molecule has 0 spiro atoms. The number of unbranched alkanes of at least 4 members (excludes halogenated alkanes) is 1. The predicted octanol–water partition coefficient (Wildman–Crippen LogP) is 3.80. The molecule has 0 amide bonds. The minimum Gasteiger partial charge on any atom is -0.466 e. The maximum atomic E-state index is 12.0. The average Bonchev–Trinajstić information content (AvgIpc) is 2.80. The monoisotopic (exact) mass is 296 g/mol. The fourth-order valence-corrected chi connectivity index (χ4v) is 3.11. The van der Waals surface area contributed by atoms with E-state index in [0.29, 0.717) is 25.2 Å². The van der Waals surface area contributed by atoms with Gasteiger partial charge in [0.1, 0.15) is 0 Å². The zero-order valence-corrected chi connectivity index (χ0v) is 13.1. The van der Waals surface area contributed by atoms with Crippen LogP contribution < -0.4 is 0 Å². The van der Waals surface area contributed by atoms with Gasteiger partial charge in [0.2, 0.25) is 6.29 Å². The lowest BCUT2D eigenvalue weighted by Crippen LogP contribution is -2.20. The van der Waals surface area contributed by atoms with Crippen molar-refractivity contribution in [2.75, 3.05) is 6.61 Å². The van der Waals surface area contributed by atoms with Gasteiger partial charge in [-0.2, -0.15) is 0 Å². The van der Waals surface area contributed by atoms with E-state index in [2.05, 4.69) is 6.92 Å². The largest absolute Gasteiger partial charge is 0.466 e. The molecule has 2 heterocycles. The summed E-state index contributed by atoms with van der Waals surface area (Å²) in [6.45, 7) is 6.13. The van der Waals surface area contributed by atoms with Gasteiger partial charge in [0.05, 0.1) is 24.7 Å². The third-order valence-corrected chi connectivity index (χ3v) is 4.34. The van der Waals surface area contributed by atoms with Gasteiger partial charge >= 0.3 is 5.97 Å². The van der Waals surface area contributed by atoms with E-state index in [-0.39, 0.29) is 11.9 Å². The van der Waals surface area contributed by atoms with E-state index in [1.807, 2.05) is 6.92 Å². The molecule has 1 aliphatic carbocycles. The minimum atomic E-state index is -0.0943. The Hall–Kier alpha value is -0.610. The van der Waals surface area contributed by atoms with Gasteiger partial charge < -0.3 is 14.2 Å². The lowest BCUT2D eigenvalue weighted by atomic mass is 9.95. The summed E-state index contributed by atoms with van der Waals surface area (Å²) in [6, 6.07) is 0. The van der Waals surface area contributed by atoms with Crippen LogP contribution in [0.5, 0.6) is 0 Å². The standard InChI is InChI=1S/C17H28O4/c1-3-5-6-13(17(18)19-4-2)7-12-16-20-14-8-9-15(21-16)11-10-14/h13-15H,1,3-12H2,2H3. The van der Waals surface area contributed by atoms with Crippen molar-refractivity contribution in [2.24, 2.45) is 5.92 Å². The summed E-state index contributed by atoms with van der Waals surface area (Å²) in [7, 11) is 0. The molecule has 0 aromatic heterocycles. The molecule has 2 saturated heterocycles. The first-order valence-electron chi connectivity index (χ1n) is 8.38. The fraction of sp³-hybridized carbons (Fsp3) is 0.824. The number of carbonyl (C=O) groups is 1. The number of carbonyl (C=O) groups excluding carboxylic acids is 1. The SMILES string of the molecule is [CH2]CCCC(CC[C]1OC2CCC(CC2)O1)C(=O)OCC. The molecule has 2 aliphatic heterocycles. The molecular weight excluding hydrogens is 268 g/mol. The van der Waals surface area contributed by atoms with Gasteiger partial charge in [-0.3, -0.25) is 4.79 Å². The van der Waals surface area contributed by atoms with E-state index in [1.54, 1.807) is 0 Å². The van der Waals surface area contributed by atoms with Crippen LogP contribution in [0.2, 0.25) is 0 Å². The summed E-state index contributed by atoms with van der Waals surface area (Å²) in [6.07, 6.45) is 9.84. The summed E-state index contributed by atoms with van der Waals surface area (Å²) in [5.41, 5.74) is 0. The molecule has 1 saturated carbocycles. The summed E-state index contributed by atoms with van der Waals surface area (Å²) in [4.78, 5) is 12.0. The summed E-state index contributed by atoms with van der Waals surface area (Å²) in [5, 5.41) is 0. The van der Waals surface area contributed by atoms with Crippen molar-refractivity contribution in [1.29, 1.82) is 0 Å². The van der Waals surface area contributed by atoms with Crippen LogP contribution in [0.4, 0.5) is 0 Å². The van der Waals surface area contributed by atoms with Crippen molar-refractivity contribution in [2.45, 2.75) is 76.9 Å². The predicted molar refractivity (Wildman–Crippen MR) is 80.0 cm³/mol. The smallest absolute Gasteiger partial charge is 0.308 e. The summed E-state index contributed by atoms with van der Waals surface area (Å²) >= 11 is 0. The zero-order chi connectivity index (χ0) is 15.1. The molecule has 1 atom stereocenters. The highest BCUT2D eigenvalue weighted by atomic mass is 16.7. The van der Waals surface area contributed by atoms with Gasteiger partial charge in [0.25, 0.3) is 0 Å². The highest BCUT2D eigenvalue weighted by Crippen LogP contribution is 2.35. The second-order valence-corrected chi connectivity index (χ2v) is 5.99. The van der Waals surface area contributed by atoms with E-state index in [1.165, 1.54) is 0 Å². The fourth-order valence-electron chi connectivity index (χ4n) is 3.11. The van der Waals surface area contributed by atoms with Crippen molar-refractivity contribution in [3.63, 3.8) is 0 Å². The number of rotatable bonds is 8. The van der Waals surface area contributed by atoms with Gasteiger partial charge in [-0.1, -0.05) is 19.8 Å². The van der Waals surface area contributed by atoms with Crippen LogP contribution in [0, 0.1) is 19.1 Å². The van der Waals surface area contributed by atoms with Crippen molar-refractivity contribution in [3.05, 3.63) is 13.2 Å². The number of hydrogen-bond donors (Lipinski definition) is 0.